The SMILES string of the molecule is COC(=O)c1cc(-c2cc(F)ncc2F)cc(Nc2ccnc3c(F)ccc(F)c23)c1[N+](=O)[O-]. The number of rotatable bonds is 5. The molecule has 2 aromatic heterocycles. The molecule has 4 aromatic rings. The highest BCUT2D eigenvalue weighted by Crippen LogP contribution is 2.39. The molecule has 0 aliphatic carbocycles. The predicted molar refractivity (Wildman–Crippen MR) is 113 cm³/mol. The van der Waals surface area contributed by atoms with Crippen molar-refractivity contribution in [3.8, 4) is 11.1 Å². The van der Waals surface area contributed by atoms with Crippen LogP contribution in [-0.2, 0) is 4.74 Å². The average Bonchev–Trinajstić information content (AvgIpc) is 2.81. The third-order valence-corrected chi connectivity index (χ3v) is 4.89. The van der Waals surface area contributed by atoms with Gasteiger partial charge in [-0.3, -0.25) is 15.1 Å². The highest BCUT2D eigenvalue weighted by atomic mass is 19.1. The lowest BCUT2D eigenvalue weighted by atomic mass is 10.00. The number of aromatic nitrogens is 2. The van der Waals surface area contributed by atoms with Crippen LogP contribution in [-0.4, -0.2) is 28.0 Å². The van der Waals surface area contributed by atoms with E-state index in [0.29, 0.717) is 6.20 Å². The van der Waals surface area contributed by atoms with Gasteiger partial charge >= 0.3 is 11.7 Å². The van der Waals surface area contributed by atoms with Crippen molar-refractivity contribution in [1.29, 1.82) is 0 Å². The molecule has 12 heteroatoms. The van der Waals surface area contributed by atoms with Crippen LogP contribution < -0.4 is 5.32 Å². The Labute approximate surface area is 188 Å². The molecule has 2 heterocycles. The molecule has 0 atom stereocenters. The molecular formula is C22H12F4N4O4. The van der Waals surface area contributed by atoms with E-state index >= 15 is 0 Å². The van der Waals surface area contributed by atoms with E-state index in [1.807, 2.05) is 0 Å². The monoisotopic (exact) mass is 472 g/mol. The van der Waals surface area contributed by atoms with E-state index in [9.17, 15) is 32.5 Å². The maximum absolute atomic E-state index is 14.5. The van der Waals surface area contributed by atoms with E-state index in [4.69, 9.17) is 0 Å². The van der Waals surface area contributed by atoms with Crippen molar-refractivity contribution >= 4 is 33.9 Å². The summed E-state index contributed by atoms with van der Waals surface area (Å²) < 4.78 is 61.4. The Hall–Kier alpha value is -4.61. The fraction of sp³-hybridized carbons (Fsp3) is 0.0455. The van der Waals surface area contributed by atoms with E-state index < -0.39 is 51.2 Å². The standard InChI is InChI=1S/C22H12F4N4O4/c1-34-22(31)12-6-10(11-8-18(26)28-9-15(11)25)7-17(21(12)30(32)33)29-16-4-5-27-20-14(24)3-2-13(23)19(16)20/h2-9H,1H3,(H,27,29). The number of fused-ring (bicyclic) bond motifs is 1. The van der Waals surface area contributed by atoms with Crippen LogP contribution in [0.3, 0.4) is 0 Å². The topological polar surface area (TPSA) is 107 Å². The minimum absolute atomic E-state index is 0.126. The quantitative estimate of drug-likeness (QED) is 0.138. The Balaban J connectivity index is 2.01. The maximum Gasteiger partial charge on any atom is 0.345 e. The predicted octanol–water partition coefficient (Wildman–Crippen LogP) is 5.29. The van der Waals surface area contributed by atoms with Crippen LogP contribution in [0.1, 0.15) is 10.4 Å². The zero-order chi connectivity index (χ0) is 24.6. The molecule has 2 aromatic carbocycles. The normalized spacial score (nSPS) is 10.9. The number of benzene rings is 2. The molecule has 0 aliphatic rings. The molecule has 0 amide bonds. The van der Waals surface area contributed by atoms with Crippen molar-refractivity contribution in [3.63, 3.8) is 0 Å². The summed E-state index contributed by atoms with van der Waals surface area (Å²) in [4.78, 5) is 30.3. The van der Waals surface area contributed by atoms with Crippen LogP contribution in [0.2, 0.25) is 0 Å². The lowest BCUT2D eigenvalue weighted by molar-refractivity contribution is -0.384. The summed E-state index contributed by atoms with van der Waals surface area (Å²) in [6.07, 6.45) is 1.74. The van der Waals surface area contributed by atoms with Gasteiger partial charge in [-0.2, -0.15) is 4.39 Å². The number of methoxy groups -OCH3 is 1. The molecule has 1 N–H and O–H groups in total. The van der Waals surface area contributed by atoms with Crippen LogP contribution in [0.4, 0.5) is 34.6 Å². The molecule has 0 fully saturated rings. The average molecular weight is 472 g/mol. The Bertz CT molecular complexity index is 1480. The number of anilines is 2. The van der Waals surface area contributed by atoms with E-state index in [2.05, 4.69) is 20.0 Å². The summed E-state index contributed by atoms with van der Waals surface area (Å²) in [5.74, 6) is -4.86. The third-order valence-electron chi connectivity index (χ3n) is 4.89. The van der Waals surface area contributed by atoms with Gasteiger partial charge in [-0.05, 0) is 35.9 Å². The molecule has 0 saturated heterocycles. The van der Waals surface area contributed by atoms with E-state index in [-0.39, 0.29) is 27.7 Å². The van der Waals surface area contributed by atoms with Crippen LogP contribution in [0.25, 0.3) is 22.0 Å². The van der Waals surface area contributed by atoms with Crippen molar-refractivity contribution in [2.24, 2.45) is 0 Å². The summed E-state index contributed by atoms with van der Waals surface area (Å²) in [6, 6.07) is 5.70. The van der Waals surface area contributed by atoms with Crippen LogP contribution in [0, 0.1) is 33.5 Å². The number of nitrogens with zero attached hydrogens (tertiary/aromatic N) is 3. The molecule has 0 aliphatic heterocycles. The molecule has 0 bridgehead atoms. The molecule has 0 unspecified atom stereocenters. The third kappa shape index (κ3) is 3.96. The number of ether oxygens (including phenoxy) is 1. The first kappa shape index (κ1) is 22.6. The Morgan fingerprint density at radius 2 is 1.74 bits per heavy atom. The lowest BCUT2D eigenvalue weighted by Gasteiger charge is -2.14. The Morgan fingerprint density at radius 3 is 2.44 bits per heavy atom. The van der Waals surface area contributed by atoms with E-state index in [0.717, 1.165) is 43.6 Å². The van der Waals surface area contributed by atoms with Crippen LogP contribution in [0.15, 0.2) is 48.8 Å². The van der Waals surface area contributed by atoms with Crippen molar-refractivity contribution in [2.45, 2.75) is 0 Å². The van der Waals surface area contributed by atoms with Gasteiger partial charge in [-0.15, -0.1) is 0 Å². The number of nitro benzene ring substituents is 1. The molecule has 4 rings (SSSR count). The van der Waals surface area contributed by atoms with Crippen molar-refractivity contribution < 1.29 is 32.0 Å². The molecule has 0 saturated carbocycles. The Morgan fingerprint density at radius 1 is 1.00 bits per heavy atom. The van der Waals surface area contributed by atoms with Gasteiger partial charge in [0, 0.05) is 17.8 Å². The smallest absolute Gasteiger partial charge is 0.345 e. The highest BCUT2D eigenvalue weighted by molar-refractivity contribution is 6.01. The number of pyridine rings is 2. The van der Waals surface area contributed by atoms with Gasteiger partial charge in [0.15, 0.2) is 0 Å². The largest absolute Gasteiger partial charge is 0.465 e. The molecule has 0 spiro atoms. The molecule has 34 heavy (non-hydrogen) atoms. The molecule has 0 radical (unpaired) electrons. The Kier molecular flexibility index (Phi) is 5.80. The van der Waals surface area contributed by atoms with E-state index in [1.54, 1.807) is 0 Å². The fourth-order valence-corrected chi connectivity index (χ4v) is 3.42. The number of nitrogens with one attached hydrogen (secondary N) is 1. The second kappa shape index (κ2) is 8.73. The summed E-state index contributed by atoms with van der Waals surface area (Å²) >= 11 is 0. The minimum atomic E-state index is -1.14. The van der Waals surface area contributed by atoms with Gasteiger partial charge < -0.3 is 10.1 Å². The van der Waals surface area contributed by atoms with Gasteiger partial charge in [0.25, 0.3) is 0 Å². The molecule has 8 nitrogen and oxygen atoms in total. The summed E-state index contributed by atoms with van der Waals surface area (Å²) in [7, 11) is 0.979. The zero-order valence-corrected chi connectivity index (χ0v) is 17.1. The number of carbonyl (C=O) groups excluding carboxylic acids is 1. The van der Waals surface area contributed by atoms with Crippen LogP contribution >= 0.6 is 0 Å². The van der Waals surface area contributed by atoms with Gasteiger partial charge in [-0.25, -0.2) is 22.9 Å². The van der Waals surface area contributed by atoms with E-state index in [1.165, 1.54) is 6.07 Å². The first-order valence-electron chi connectivity index (χ1n) is 9.43. The van der Waals surface area contributed by atoms with Crippen LogP contribution in [0.5, 0.6) is 0 Å². The fourth-order valence-electron chi connectivity index (χ4n) is 3.42. The number of carbonyl (C=O) groups is 1. The second-order valence-corrected chi connectivity index (χ2v) is 6.89. The number of nitro groups is 1. The van der Waals surface area contributed by atoms with Gasteiger partial charge in [-0.1, -0.05) is 0 Å². The van der Waals surface area contributed by atoms with Crippen molar-refractivity contribution in [2.75, 3.05) is 12.4 Å². The second-order valence-electron chi connectivity index (χ2n) is 6.89. The summed E-state index contributed by atoms with van der Waals surface area (Å²) in [5, 5.41) is 14.2. The van der Waals surface area contributed by atoms with Gasteiger partial charge in [0.05, 0.1) is 29.3 Å². The number of esters is 1. The van der Waals surface area contributed by atoms with Gasteiger partial charge in [0.2, 0.25) is 5.95 Å². The summed E-state index contributed by atoms with van der Waals surface area (Å²) in [5.41, 5.74) is -2.74. The highest BCUT2D eigenvalue weighted by Gasteiger charge is 2.28. The maximum atomic E-state index is 14.5. The number of halogens is 4. The lowest BCUT2D eigenvalue weighted by Crippen LogP contribution is -2.09. The number of hydrogen-bond acceptors (Lipinski definition) is 7. The minimum Gasteiger partial charge on any atom is -0.465 e. The first-order valence-corrected chi connectivity index (χ1v) is 9.43. The number of hydrogen-bond donors (Lipinski definition) is 1. The molecule has 172 valence electrons. The summed E-state index contributed by atoms with van der Waals surface area (Å²) in [6.45, 7) is 0. The van der Waals surface area contributed by atoms with Gasteiger partial charge in [0.1, 0.15) is 34.2 Å². The van der Waals surface area contributed by atoms with Crippen molar-refractivity contribution in [1.82, 2.24) is 9.97 Å². The molecular weight excluding hydrogens is 460 g/mol. The zero-order valence-electron chi connectivity index (χ0n) is 17.1. The first-order chi connectivity index (χ1) is 16.2. The van der Waals surface area contributed by atoms with Crippen molar-refractivity contribution in [3.05, 3.63) is 87.9 Å².